The topological polar surface area (TPSA) is 73.4 Å². The maximum absolute atomic E-state index is 13.1. The van der Waals surface area contributed by atoms with Gasteiger partial charge in [0.05, 0.1) is 0 Å². The summed E-state index contributed by atoms with van der Waals surface area (Å²) in [4.78, 5) is 16.4. The predicted molar refractivity (Wildman–Crippen MR) is 112 cm³/mol. The second-order valence-electron chi connectivity index (χ2n) is 6.67. The van der Waals surface area contributed by atoms with Crippen molar-refractivity contribution in [2.45, 2.75) is 0 Å². The van der Waals surface area contributed by atoms with E-state index in [4.69, 9.17) is 0 Å². The summed E-state index contributed by atoms with van der Waals surface area (Å²) in [6.45, 7) is 3.19. The molecule has 2 heterocycles. The van der Waals surface area contributed by atoms with E-state index in [9.17, 15) is 9.18 Å². The lowest BCUT2D eigenvalue weighted by molar-refractivity contribution is 0.262. The molecular weight excluding hydrogens is 371 g/mol. The highest BCUT2D eigenvalue weighted by molar-refractivity contribution is 5.99. The normalized spacial score (nSPS) is 13.8. The number of nitrogens with one attached hydrogen (secondary N) is 2. The van der Waals surface area contributed by atoms with E-state index in [0.717, 1.165) is 37.7 Å². The molecule has 0 atom stereocenters. The second kappa shape index (κ2) is 8.55. The number of halogens is 1. The van der Waals surface area contributed by atoms with Crippen LogP contribution >= 0.6 is 0 Å². The molecule has 0 unspecified atom stereocenters. The van der Waals surface area contributed by atoms with Gasteiger partial charge in [-0.05, 0) is 48.5 Å². The highest BCUT2D eigenvalue weighted by Crippen LogP contribution is 2.20. The van der Waals surface area contributed by atoms with Crippen LogP contribution in [0.2, 0.25) is 0 Å². The minimum absolute atomic E-state index is 0.228. The van der Waals surface area contributed by atoms with Crippen LogP contribution in [0.3, 0.4) is 0 Å². The smallest absolute Gasteiger partial charge is 0.324 e. The van der Waals surface area contributed by atoms with Gasteiger partial charge in [-0.3, -0.25) is 5.32 Å². The molecule has 0 radical (unpaired) electrons. The summed E-state index contributed by atoms with van der Waals surface area (Å²) in [5.74, 6) is 0.915. The molecule has 4 rings (SSSR count). The van der Waals surface area contributed by atoms with Crippen molar-refractivity contribution in [2.24, 2.45) is 0 Å². The molecule has 3 aromatic rings. The van der Waals surface area contributed by atoms with Crippen LogP contribution in [0, 0.1) is 5.82 Å². The van der Waals surface area contributed by atoms with Crippen molar-refractivity contribution >= 4 is 29.0 Å². The van der Waals surface area contributed by atoms with E-state index < -0.39 is 0 Å². The van der Waals surface area contributed by atoms with Crippen molar-refractivity contribution in [2.75, 3.05) is 46.6 Å². The molecule has 29 heavy (non-hydrogen) atoms. The fourth-order valence-electron chi connectivity index (χ4n) is 3.21. The number of anilines is 4. The molecule has 2 N–H and O–H groups in total. The largest absolute Gasteiger partial charge is 0.368 e. The number of carbonyl (C=O) groups excluding carboxylic acids is 1. The van der Waals surface area contributed by atoms with Crippen molar-refractivity contribution in [1.29, 1.82) is 0 Å². The monoisotopic (exact) mass is 392 g/mol. The van der Waals surface area contributed by atoms with Crippen LogP contribution < -0.4 is 20.4 Å². The number of aromatic nitrogens is 2. The molecule has 0 saturated carbocycles. The number of nitrogens with zero attached hydrogens (tertiary/aromatic N) is 4. The molecule has 1 fully saturated rings. The average molecular weight is 392 g/mol. The highest BCUT2D eigenvalue weighted by atomic mass is 19.1. The molecule has 2 amide bonds. The molecular formula is C21H21FN6O. The van der Waals surface area contributed by atoms with Gasteiger partial charge in [0.2, 0.25) is 0 Å². The molecule has 8 heteroatoms. The average Bonchev–Trinajstić information content (AvgIpc) is 2.76. The summed E-state index contributed by atoms with van der Waals surface area (Å²) in [6, 6.07) is 19.0. The van der Waals surface area contributed by atoms with E-state index in [0.29, 0.717) is 11.5 Å². The van der Waals surface area contributed by atoms with Crippen LogP contribution in [0.1, 0.15) is 0 Å². The predicted octanol–water partition coefficient (Wildman–Crippen LogP) is 3.59. The van der Waals surface area contributed by atoms with Crippen LogP contribution in [0.15, 0.2) is 66.7 Å². The third kappa shape index (κ3) is 4.78. The van der Waals surface area contributed by atoms with Crippen LogP contribution in [-0.4, -0.2) is 42.4 Å². The van der Waals surface area contributed by atoms with Gasteiger partial charge >= 0.3 is 6.03 Å². The van der Waals surface area contributed by atoms with Crippen LogP contribution in [-0.2, 0) is 0 Å². The van der Waals surface area contributed by atoms with E-state index >= 15 is 0 Å². The Kier molecular flexibility index (Phi) is 5.51. The van der Waals surface area contributed by atoms with Gasteiger partial charge in [-0.25, -0.2) is 9.18 Å². The number of urea groups is 1. The van der Waals surface area contributed by atoms with E-state index in [1.54, 1.807) is 30.3 Å². The zero-order chi connectivity index (χ0) is 20.1. The van der Waals surface area contributed by atoms with Gasteiger partial charge in [0, 0.05) is 37.6 Å². The summed E-state index contributed by atoms with van der Waals surface area (Å²) in [5, 5.41) is 13.7. The minimum Gasteiger partial charge on any atom is -0.368 e. The lowest BCUT2D eigenvalue weighted by atomic mass is 10.2. The van der Waals surface area contributed by atoms with Gasteiger partial charge < -0.3 is 15.1 Å². The zero-order valence-electron chi connectivity index (χ0n) is 15.8. The number of carbonyl (C=O) groups is 1. The standard InChI is InChI=1S/C21H21FN6O/c22-16-6-8-18(9-7-16)27-12-14-28(15-13-27)20-11-10-19(25-26-20)24-21(29)23-17-4-2-1-3-5-17/h1-11H,12-15H2,(H2,23,24,25,29). The molecule has 1 aromatic heterocycles. The highest BCUT2D eigenvalue weighted by Gasteiger charge is 2.19. The van der Waals surface area contributed by atoms with Gasteiger partial charge in [0.1, 0.15) is 5.82 Å². The molecule has 7 nitrogen and oxygen atoms in total. The molecule has 0 spiro atoms. The first-order valence-electron chi connectivity index (χ1n) is 9.40. The Morgan fingerprint density at radius 1 is 0.793 bits per heavy atom. The molecule has 148 valence electrons. The Bertz CT molecular complexity index is 941. The van der Waals surface area contributed by atoms with Gasteiger partial charge in [-0.2, -0.15) is 0 Å². The van der Waals surface area contributed by atoms with Crippen LogP contribution in [0.5, 0.6) is 0 Å². The van der Waals surface area contributed by atoms with Gasteiger partial charge in [-0.1, -0.05) is 18.2 Å². The number of hydrogen-bond acceptors (Lipinski definition) is 5. The Labute approximate surface area is 168 Å². The van der Waals surface area contributed by atoms with Gasteiger partial charge in [0.15, 0.2) is 11.6 Å². The van der Waals surface area contributed by atoms with E-state index in [1.165, 1.54) is 12.1 Å². The summed E-state index contributed by atoms with van der Waals surface area (Å²) >= 11 is 0. The van der Waals surface area contributed by atoms with Crippen molar-refractivity contribution < 1.29 is 9.18 Å². The summed E-state index contributed by atoms with van der Waals surface area (Å²) in [6.07, 6.45) is 0. The lowest BCUT2D eigenvalue weighted by Crippen LogP contribution is -2.46. The fourth-order valence-corrected chi connectivity index (χ4v) is 3.21. The van der Waals surface area contributed by atoms with Crippen molar-refractivity contribution in [1.82, 2.24) is 10.2 Å². The number of para-hydroxylation sites is 1. The van der Waals surface area contributed by atoms with Crippen LogP contribution in [0.25, 0.3) is 0 Å². The zero-order valence-corrected chi connectivity index (χ0v) is 15.8. The van der Waals surface area contributed by atoms with Crippen LogP contribution in [0.4, 0.5) is 32.2 Å². The Morgan fingerprint density at radius 3 is 2.14 bits per heavy atom. The van der Waals surface area contributed by atoms with Crippen molar-refractivity contribution in [3.63, 3.8) is 0 Å². The summed E-state index contributed by atoms with van der Waals surface area (Å²) in [5.41, 5.74) is 1.72. The van der Waals surface area contributed by atoms with Gasteiger partial charge in [-0.15, -0.1) is 10.2 Å². The lowest BCUT2D eigenvalue weighted by Gasteiger charge is -2.36. The Morgan fingerprint density at radius 2 is 1.48 bits per heavy atom. The Balaban J connectivity index is 1.30. The first-order valence-corrected chi connectivity index (χ1v) is 9.40. The first kappa shape index (κ1) is 18.7. The number of rotatable bonds is 4. The van der Waals surface area contributed by atoms with E-state index in [1.807, 2.05) is 24.3 Å². The van der Waals surface area contributed by atoms with E-state index in [2.05, 4.69) is 30.6 Å². The third-order valence-electron chi connectivity index (χ3n) is 4.72. The van der Waals surface area contributed by atoms with Gasteiger partial charge in [0.25, 0.3) is 0 Å². The molecule has 2 aromatic carbocycles. The maximum Gasteiger partial charge on any atom is 0.324 e. The van der Waals surface area contributed by atoms with Crippen molar-refractivity contribution in [3.05, 3.63) is 72.5 Å². The Hall–Kier alpha value is -3.68. The molecule has 1 aliphatic heterocycles. The molecule has 0 bridgehead atoms. The number of hydrogen-bond donors (Lipinski definition) is 2. The maximum atomic E-state index is 13.1. The first-order chi connectivity index (χ1) is 14.2. The van der Waals surface area contributed by atoms with Crippen molar-refractivity contribution in [3.8, 4) is 0 Å². The second-order valence-corrected chi connectivity index (χ2v) is 6.67. The summed E-state index contributed by atoms with van der Waals surface area (Å²) in [7, 11) is 0. The summed E-state index contributed by atoms with van der Waals surface area (Å²) < 4.78 is 13.1. The SMILES string of the molecule is O=C(Nc1ccccc1)Nc1ccc(N2CCN(c3ccc(F)cc3)CC2)nn1. The number of piperazine rings is 1. The number of amides is 2. The minimum atomic E-state index is -0.369. The fraction of sp³-hybridized carbons (Fsp3) is 0.190. The van der Waals surface area contributed by atoms with E-state index in [-0.39, 0.29) is 11.8 Å². The quantitative estimate of drug-likeness (QED) is 0.710. The molecule has 1 aliphatic rings. The molecule has 0 aliphatic carbocycles. The molecule has 1 saturated heterocycles. The number of benzene rings is 2. The third-order valence-corrected chi connectivity index (χ3v) is 4.72.